The summed E-state index contributed by atoms with van der Waals surface area (Å²) in [4.78, 5) is 22.2. The van der Waals surface area contributed by atoms with Gasteiger partial charge in [-0.1, -0.05) is 6.07 Å². The van der Waals surface area contributed by atoms with E-state index in [0.29, 0.717) is 6.42 Å². The van der Waals surface area contributed by atoms with Crippen LogP contribution in [0.25, 0.3) is 0 Å². The molecular weight excluding hydrogens is 290 g/mol. The summed E-state index contributed by atoms with van der Waals surface area (Å²) >= 11 is 0. The van der Waals surface area contributed by atoms with Gasteiger partial charge in [-0.15, -0.1) is 0 Å². The van der Waals surface area contributed by atoms with E-state index in [-0.39, 0.29) is 5.91 Å². The predicted molar refractivity (Wildman–Crippen MR) is 92.4 cm³/mol. The zero-order valence-corrected chi connectivity index (χ0v) is 13.9. The van der Waals surface area contributed by atoms with E-state index in [0.717, 1.165) is 57.9 Å². The molecular formula is C17H27N5O. The molecule has 0 unspecified atom stereocenters. The second-order valence-electron chi connectivity index (χ2n) is 5.64. The highest BCUT2D eigenvalue weighted by Gasteiger charge is 2.18. The lowest BCUT2D eigenvalue weighted by Gasteiger charge is -2.15. The monoisotopic (exact) mass is 317 g/mol. The van der Waals surface area contributed by atoms with E-state index in [9.17, 15) is 4.79 Å². The number of aromatic nitrogens is 1. The van der Waals surface area contributed by atoms with Crippen LogP contribution in [0.5, 0.6) is 0 Å². The highest BCUT2D eigenvalue weighted by atomic mass is 16.2. The van der Waals surface area contributed by atoms with Gasteiger partial charge in [0, 0.05) is 51.5 Å². The molecule has 2 N–H and O–H groups in total. The lowest BCUT2D eigenvalue weighted by Crippen LogP contribution is -2.38. The number of nitrogens with one attached hydrogen (secondary N) is 2. The number of amides is 1. The molecule has 1 aliphatic heterocycles. The molecule has 2 heterocycles. The van der Waals surface area contributed by atoms with Gasteiger partial charge in [0.15, 0.2) is 5.96 Å². The maximum absolute atomic E-state index is 11.5. The topological polar surface area (TPSA) is 69.6 Å². The Morgan fingerprint density at radius 1 is 1.43 bits per heavy atom. The number of guanidine groups is 1. The van der Waals surface area contributed by atoms with Crippen LogP contribution in [0.4, 0.5) is 0 Å². The number of aliphatic imine (C=N–C) groups is 1. The molecule has 1 aliphatic rings. The summed E-state index contributed by atoms with van der Waals surface area (Å²) in [5.74, 6) is 1.12. The van der Waals surface area contributed by atoms with E-state index in [1.54, 1.807) is 6.20 Å². The van der Waals surface area contributed by atoms with Crippen molar-refractivity contribution in [2.75, 3.05) is 32.7 Å². The molecule has 1 aromatic heterocycles. The van der Waals surface area contributed by atoms with Crippen LogP contribution in [-0.2, 0) is 11.2 Å². The van der Waals surface area contributed by atoms with E-state index < -0.39 is 0 Å². The van der Waals surface area contributed by atoms with E-state index in [4.69, 9.17) is 0 Å². The molecule has 0 spiro atoms. The average molecular weight is 317 g/mol. The van der Waals surface area contributed by atoms with Gasteiger partial charge in [-0.05, 0) is 37.8 Å². The summed E-state index contributed by atoms with van der Waals surface area (Å²) < 4.78 is 0. The Morgan fingerprint density at radius 3 is 3.04 bits per heavy atom. The molecule has 6 heteroatoms. The van der Waals surface area contributed by atoms with E-state index in [2.05, 4.69) is 33.6 Å². The van der Waals surface area contributed by atoms with Crippen molar-refractivity contribution in [3.63, 3.8) is 0 Å². The van der Waals surface area contributed by atoms with Crippen molar-refractivity contribution in [2.24, 2.45) is 4.99 Å². The first-order valence-electron chi connectivity index (χ1n) is 8.48. The molecule has 1 aromatic rings. The number of hydrogen-bond acceptors (Lipinski definition) is 3. The molecule has 1 amide bonds. The molecule has 6 nitrogen and oxygen atoms in total. The SMILES string of the molecule is CCNC(=NCCCN1CCCC1=O)NCCc1cccnc1. The summed E-state index contributed by atoms with van der Waals surface area (Å²) in [6.45, 7) is 6.17. The van der Waals surface area contributed by atoms with Gasteiger partial charge in [-0.2, -0.15) is 0 Å². The minimum atomic E-state index is 0.287. The number of nitrogens with zero attached hydrogens (tertiary/aromatic N) is 3. The van der Waals surface area contributed by atoms with Crippen LogP contribution >= 0.6 is 0 Å². The molecule has 0 bridgehead atoms. The van der Waals surface area contributed by atoms with Gasteiger partial charge >= 0.3 is 0 Å². The molecule has 1 saturated heterocycles. The first-order chi connectivity index (χ1) is 11.3. The van der Waals surface area contributed by atoms with Crippen molar-refractivity contribution in [3.05, 3.63) is 30.1 Å². The minimum Gasteiger partial charge on any atom is -0.357 e. The Hall–Kier alpha value is -2.11. The Balaban J connectivity index is 1.68. The largest absolute Gasteiger partial charge is 0.357 e. The zero-order chi connectivity index (χ0) is 16.3. The molecule has 0 aliphatic carbocycles. The van der Waals surface area contributed by atoms with Crippen molar-refractivity contribution in [3.8, 4) is 0 Å². The third kappa shape index (κ3) is 6.26. The van der Waals surface area contributed by atoms with Gasteiger partial charge in [0.1, 0.15) is 0 Å². The molecule has 1 fully saturated rings. The van der Waals surface area contributed by atoms with Crippen molar-refractivity contribution >= 4 is 11.9 Å². The summed E-state index contributed by atoms with van der Waals surface area (Å²) in [6.07, 6.45) is 7.21. The second-order valence-corrected chi connectivity index (χ2v) is 5.64. The van der Waals surface area contributed by atoms with Gasteiger partial charge in [0.05, 0.1) is 0 Å². The summed E-state index contributed by atoms with van der Waals surface area (Å²) in [6, 6.07) is 4.03. The molecule has 126 valence electrons. The van der Waals surface area contributed by atoms with Crippen molar-refractivity contribution in [2.45, 2.75) is 32.6 Å². The fourth-order valence-corrected chi connectivity index (χ4v) is 2.61. The molecule has 0 saturated carbocycles. The molecule has 0 aromatic carbocycles. The molecule has 2 rings (SSSR count). The van der Waals surface area contributed by atoms with Crippen LogP contribution in [-0.4, -0.2) is 54.5 Å². The lowest BCUT2D eigenvalue weighted by molar-refractivity contribution is -0.127. The third-order valence-corrected chi connectivity index (χ3v) is 3.80. The average Bonchev–Trinajstić information content (AvgIpc) is 2.97. The minimum absolute atomic E-state index is 0.287. The first kappa shape index (κ1) is 17.2. The van der Waals surface area contributed by atoms with Crippen molar-refractivity contribution in [1.82, 2.24) is 20.5 Å². The van der Waals surface area contributed by atoms with Gasteiger partial charge in [0.25, 0.3) is 0 Å². The Labute approximate surface area is 138 Å². The lowest BCUT2D eigenvalue weighted by atomic mass is 10.2. The zero-order valence-electron chi connectivity index (χ0n) is 13.9. The Kier molecular flexibility index (Phi) is 7.36. The van der Waals surface area contributed by atoms with Crippen LogP contribution in [0.2, 0.25) is 0 Å². The van der Waals surface area contributed by atoms with Crippen LogP contribution in [0.1, 0.15) is 31.7 Å². The first-order valence-corrected chi connectivity index (χ1v) is 8.48. The number of carbonyl (C=O) groups excluding carboxylic acids is 1. The second kappa shape index (κ2) is 9.82. The summed E-state index contributed by atoms with van der Waals surface area (Å²) in [5, 5.41) is 6.59. The third-order valence-electron chi connectivity index (χ3n) is 3.80. The maximum Gasteiger partial charge on any atom is 0.222 e. The fraction of sp³-hybridized carbons (Fsp3) is 0.588. The smallest absolute Gasteiger partial charge is 0.222 e. The maximum atomic E-state index is 11.5. The fourth-order valence-electron chi connectivity index (χ4n) is 2.61. The number of likely N-dealkylation sites (tertiary alicyclic amines) is 1. The highest BCUT2D eigenvalue weighted by molar-refractivity contribution is 5.79. The standard InChI is InChI=1S/C17H27N5O/c1-2-19-17(21-11-8-15-6-3-9-18-14-15)20-10-5-13-22-12-4-7-16(22)23/h3,6,9,14H,2,4-5,7-8,10-13H2,1H3,(H2,19,20,21). The predicted octanol–water partition coefficient (Wildman–Crippen LogP) is 1.19. The highest BCUT2D eigenvalue weighted by Crippen LogP contribution is 2.09. The number of rotatable bonds is 8. The van der Waals surface area contributed by atoms with Crippen LogP contribution < -0.4 is 10.6 Å². The quantitative estimate of drug-likeness (QED) is 0.429. The van der Waals surface area contributed by atoms with Gasteiger partial charge in [-0.3, -0.25) is 14.8 Å². The van der Waals surface area contributed by atoms with Crippen molar-refractivity contribution < 1.29 is 4.79 Å². The van der Waals surface area contributed by atoms with Gasteiger partial charge < -0.3 is 15.5 Å². The summed E-state index contributed by atoms with van der Waals surface area (Å²) in [7, 11) is 0. The molecule has 23 heavy (non-hydrogen) atoms. The molecule has 0 radical (unpaired) electrons. The number of carbonyl (C=O) groups is 1. The van der Waals surface area contributed by atoms with Crippen LogP contribution in [0, 0.1) is 0 Å². The van der Waals surface area contributed by atoms with Crippen LogP contribution in [0.15, 0.2) is 29.5 Å². The summed E-state index contributed by atoms with van der Waals surface area (Å²) in [5.41, 5.74) is 1.21. The Bertz CT molecular complexity index is 503. The number of hydrogen-bond donors (Lipinski definition) is 2. The normalized spacial score (nSPS) is 15.1. The van der Waals surface area contributed by atoms with E-state index >= 15 is 0 Å². The van der Waals surface area contributed by atoms with Crippen molar-refractivity contribution in [1.29, 1.82) is 0 Å². The van der Waals surface area contributed by atoms with Gasteiger partial charge in [0.2, 0.25) is 5.91 Å². The van der Waals surface area contributed by atoms with Crippen LogP contribution in [0.3, 0.4) is 0 Å². The van der Waals surface area contributed by atoms with Gasteiger partial charge in [-0.25, -0.2) is 0 Å². The Morgan fingerprint density at radius 2 is 2.35 bits per heavy atom. The van der Waals surface area contributed by atoms with E-state index in [1.807, 2.05) is 17.2 Å². The molecule has 0 atom stereocenters. The van der Waals surface area contributed by atoms with E-state index in [1.165, 1.54) is 5.56 Å². The number of pyridine rings is 1.